The fraction of sp³-hybridized carbons (Fsp3) is 0. The molecule has 7 aromatic carbocycles. The van der Waals surface area contributed by atoms with Crippen molar-refractivity contribution < 1.29 is 8.83 Å². The molecule has 0 unspecified atom stereocenters. The molecule has 0 atom stereocenters. The second-order valence-electron chi connectivity index (χ2n) is 12.0. The summed E-state index contributed by atoms with van der Waals surface area (Å²) in [6.07, 6.45) is 0. The van der Waals surface area contributed by atoms with E-state index in [1.807, 2.05) is 48.5 Å². The fourth-order valence-corrected chi connectivity index (χ4v) is 7.11. The summed E-state index contributed by atoms with van der Waals surface area (Å²) in [5.41, 5.74) is 11.2. The largest absolute Gasteiger partial charge is 0.456 e. The zero-order chi connectivity index (χ0) is 30.9. The average Bonchev–Trinajstić information content (AvgIpc) is 3.82. The molecule has 2 aromatic heterocycles. The Kier molecular flexibility index (Phi) is 5.54. The van der Waals surface area contributed by atoms with Crippen molar-refractivity contribution in [2.45, 2.75) is 0 Å². The Morgan fingerprint density at radius 1 is 0.468 bits per heavy atom. The van der Waals surface area contributed by atoms with E-state index in [1.54, 1.807) is 0 Å². The zero-order valence-corrected chi connectivity index (χ0v) is 25.2. The van der Waals surface area contributed by atoms with Gasteiger partial charge in [0.25, 0.3) is 0 Å². The normalized spacial score (nSPS) is 11.8. The lowest BCUT2D eigenvalue weighted by Crippen LogP contribution is -2.10. The van der Waals surface area contributed by atoms with Crippen LogP contribution in [-0.2, 0) is 0 Å². The predicted molar refractivity (Wildman–Crippen MR) is 191 cm³/mol. The van der Waals surface area contributed by atoms with Gasteiger partial charge in [-0.2, -0.15) is 0 Å². The van der Waals surface area contributed by atoms with Gasteiger partial charge in [-0.05, 0) is 71.1 Å². The maximum absolute atomic E-state index is 6.47. The van der Waals surface area contributed by atoms with Crippen molar-refractivity contribution >= 4 is 49.8 Å². The Morgan fingerprint density at radius 2 is 1.17 bits per heavy atom. The molecule has 2 heterocycles. The van der Waals surface area contributed by atoms with Crippen LogP contribution in [0.3, 0.4) is 0 Å². The van der Waals surface area contributed by atoms with Crippen LogP contribution in [0.2, 0.25) is 0 Å². The lowest BCUT2D eigenvalue weighted by Gasteiger charge is -2.27. The molecule has 4 heteroatoms. The molecule has 220 valence electrons. The molecule has 10 rings (SSSR count). The SMILES string of the molecule is c1ccc(-c2ccc(N(c3cc4c5c(cccc5c3)-c3oc(-c5ccccc5)nc3-4)c3cccc4oc5ccccc5c34)cc2)cc1. The smallest absolute Gasteiger partial charge is 0.227 e. The van der Waals surface area contributed by atoms with E-state index in [0.717, 1.165) is 72.5 Å². The first-order chi connectivity index (χ1) is 23.3. The Labute approximate surface area is 270 Å². The Balaban J connectivity index is 1.22. The molecule has 0 fully saturated rings. The van der Waals surface area contributed by atoms with Crippen molar-refractivity contribution in [2.75, 3.05) is 4.90 Å². The van der Waals surface area contributed by atoms with Gasteiger partial charge in [-0.25, -0.2) is 4.98 Å². The summed E-state index contributed by atoms with van der Waals surface area (Å²) in [7, 11) is 0. The second kappa shape index (κ2) is 10.1. The van der Waals surface area contributed by atoms with Gasteiger partial charge in [0.05, 0.1) is 11.1 Å². The highest BCUT2D eigenvalue weighted by atomic mass is 16.4. The van der Waals surface area contributed by atoms with Gasteiger partial charge in [0, 0.05) is 38.8 Å². The first-order valence-electron chi connectivity index (χ1n) is 15.8. The van der Waals surface area contributed by atoms with Crippen molar-refractivity contribution in [3.05, 3.63) is 158 Å². The number of hydrogen-bond acceptors (Lipinski definition) is 4. The highest BCUT2D eigenvalue weighted by Gasteiger charge is 2.30. The van der Waals surface area contributed by atoms with E-state index >= 15 is 0 Å². The van der Waals surface area contributed by atoms with Gasteiger partial charge in [0.2, 0.25) is 5.89 Å². The molecular formula is C43H26N2O2. The molecule has 9 aromatic rings. The number of fused-ring (bicyclic) bond motifs is 6. The van der Waals surface area contributed by atoms with E-state index in [1.165, 1.54) is 16.5 Å². The minimum Gasteiger partial charge on any atom is -0.456 e. The summed E-state index contributed by atoms with van der Waals surface area (Å²) in [6.45, 7) is 0. The molecule has 4 nitrogen and oxygen atoms in total. The number of oxazole rings is 1. The molecule has 47 heavy (non-hydrogen) atoms. The van der Waals surface area contributed by atoms with Gasteiger partial charge in [-0.3, -0.25) is 0 Å². The molecule has 0 aliphatic heterocycles. The summed E-state index contributed by atoms with van der Waals surface area (Å²) in [6, 6.07) is 55.0. The van der Waals surface area contributed by atoms with Gasteiger partial charge in [-0.1, -0.05) is 103 Å². The average molecular weight is 603 g/mol. The predicted octanol–water partition coefficient (Wildman–Crippen LogP) is 12.2. The molecule has 1 aliphatic carbocycles. The van der Waals surface area contributed by atoms with Crippen LogP contribution in [0.25, 0.3) is 77.9 Å². The van der Waals surface area contributed by atoms with Crippen LogP contribution in [0, 0.1) is 0 Å². The van der Waals surface area contributed by atoms with Crippen molar-refractivity contribution in [1.29, 1.82) is 0 Å². The number of furan rings is 1. The number of nitrogens with zero attached hydrogens (tertiary/aromatic N) is 2. The molecule has 0 bridgehead atoms. The minimum atomic E-state index is 0.631. The first-order valence-corrected chi connectivity index (χ1v) is 15.8. The van der Waals surface area contributed by atoms with Crippen LogP contribution in [0.1, 0.15) is 0 Å². The maximum atomic E-state index is 6.47. The molecule has 1 aliphatic rings. The van der Waals surface area contributed by atoms with E-state index in [0.29, 0.717) is 5.89 Å². The third-order valence-electron chi connectivity index (χ3n) is 9.22. The summed E-state index contributed by atoms with van der Waals surface area (Å²) in [4.78, 5) is 7.42. The third-order valence-corrected chi connectivity index (χ3v) is 9.22. The molecule has 0 radical (unpaired) electrons. The summed E-state index contributed by atoms with van der Waals surface area (Å²) >= 11 is 0. The molecular weight excluding hydrogens is 576 g/mol. The summed E-state index contributed by atoms with van der Waals surface area (Å²) in [5, 5.41) is 4.47. The van der Waals surface area contributed by atoms with E-state index in [2.05, 4.69) is 114 Å². The molecule has 0 spiro atoms. The van der Waals surface area contributed by atoms with Crippen LogP contribution in [-0.4, -0.2) is 4.98 Å². The van der Waals surface area contributed by atoms with Crippen molar-refractivity contribution in [2.24, 2.45) is 0 Å². The van der Waals surface area contributed by atoms with Crippen LogP contribution in [0.5, 0.6) is 0 Å². The van der Waals surface area contributed by atoms with Gasteiger partial charge in [0.15, 0.2) is 5.76 Å². The second-order valence-corrected chi connectivity index (χ2v) is 12.0. The standard InChI is InChI=1S/C43H26N2O2/c1-3-11-27(12-4-1)28-21-23-31(24-22-28)45(36-18-10-20-38-40(36)33-16-7-8-19-37(33)46-38)32-25-30-15-9-17-34-39(30)35(26-32)41-42(34)47-43(44-41)29-13-5-2-6-14-29/h1-26H. The lowest BCUT2D eigenvalue weighted by molar-refractivity contribution is 0.590. The van der Waals surface area contributed by atoms with E-state index in [4.69, 9.17) is 13.8 Å². The number of anilines is 3. The molecule has 0 amide bonds. The topological polar surface area (TPSA) is 42.4 Å². The van der Waals surface area contributed by atoms with Crippen molar-refractivity contribution in [3.8, 4) is 45.2 Å². The van der Waals surface area contributed by atoms with Gasteiger partial charge in [0.1, 0.15) is 16.9 Å². The van der Waals surface area contributed by atoms with Crippen LogP contribution < -0.4 is 4.90 Å². The Bertz CT molecular complexity index is 2620. The van der Waals surface area contributed by atoms with Crippen molar-refractivity contribution in [3.63, 3.8) is 0 Å². The molecule has 0 saturated carbocycles. The summed E-state index contributed by atoms with van der Waals surface area (Å²) in [5.74, 6) is 1.45. The minimum absolute atomic E-state index is 0.631. The van der Waals surface area contributed by atoms with E-state index in [-0.39, 0.29) is 0 Å². The van der Waals surface area contributed by atoms with Gasteiger partial charge in [-0.15, -0.1) is 0 Å². The third kappa shape index (κ3) is 3.98. The lowest BCUT2D eigenvalue weighted by atomic mass is 10.0. The maximum Gasteiger partial charge on any atom is 0.227 e. The van der Waals surface area contributed by atoms with Crippen molar-refractivity contribution in [1.82, 2.24) is 4.98 Å². The zero-order valence-electron chi connectivity index (χ0n) is 25.2. The summed E-state index contributed by atoms with van der Waals surface area (Å²) < 4.78 is 12.8. The van der Waals surface area contributed by atoms with Crippen LogP contribution in [0.15, 0.2) is 167 Å². The number of benzene rings is 7. The van der Waals surface area contributed by atoms with Gasteiger partial charge < -0.3 is 13.7 Å². The Morgan fingerprint density at radius 3 is 2.00 bits per heavy atom. The number of para-hydroxylation sites is 1. The molecule has 0 saturated heterocycles. The van der Waals surface area contributed by atoms with Crippen LogP contribution >= 0.6 is 0 Å². The first kappa shape index (κ1) is 25.9. The highest BCUT2D eigenvalue weighted by Crippen LogP contribution is 2.52. The Hall–Kier alpha value is -6.39. The number of aromatic nitrogens is 1. The van der Waals surface area contributed by atoms with E-state index in [9.17, 15) is 0 Å². The highest BCUT2D eigenvalue weighted by molar-refractivity contribution is 6.17. The van der Waals surface area contributed by atoms with Gasteiger partial charge >= 0.3 is 0 Å². The fourth-order valence-electron chi connectivity index (χ4n) is 7.11. The monoisotopic (exact) mass is 602 g/mol. The quantitative estimate of drug-likeness (QED) is 0.197. The van der Waals surface area contributed by atoms with Crippen LogP contribution in [0.4, 0.5) is 17.1 Å². The molecule has 0 N–H and O–H groups in total. The number of hydrogen-bond donors (Lipinski definition) is 0. The van der Waals surface area contributed by atoms with E-state index < -0.39 is 0 Å². The number of rotatable bonds is 5.